The third-order valence-corrected chi connectivity index (χ3v) is 3.49. The van der Waals surface area contributed by atoms with E-state index < -0.39 is 0 Å². The summed E-state index contributed by atoms with van der Waals surface area (Å²) in [7, 11) is 1.71. The molecule has 104 valence electrons. The van der Waals surface area contributed by atoms with Gasteiger partial charge in [0.1, 0.15) is 18.1 Å². The normalized spacial score (nSPS) is 16.6. The molecule has 6 nitrogen and oxygen atoms in total. The lowest BCUT2D eigenvalue weighted by molar-refractivity contribution is 0.0921. The first-order chi connectivity index (χ1) is 9.58. The van der Waals surface area contributed by atoms with Crippen molar-refractivity contribution in [3.05, 3.63) is 41.2 Å². The fourth-order valence-electron chi connectivity index (χ4n) is 2.45. The summed E-state index contributed by atoms with van der Waals surface area (Å²) in [4.78, 5) is 12.4. The van der Waals surface area contributed by atoms with E-state index in [0.717, 1.165) is 11.3 Å². The molecule has 0 bridgehead atoms. The molecule has 20 heavy (non-hydrogen) atoms. The largest absolute Gasteiger partial charge is 0.491 e. The molecule has 1 aliphatic rings. The number of nitrogens with two attached hydrogens (primary N) is 1. The second-order valence-corrected chi connectivity index (χ2v) is 4.85. The van der Waals surface area contributed by atoms with Gasteiger partial charge in [-0.1, -0.05) is 18.2 Å². The lowest BCUT2D eigenvalue weighted by atomic mass is 10.1. The van der Waals surface area contributed by atoms with E-state index in [0.29, 0.717) is 23.7 Å². The molecule has 3 N–H and O–H groups in total. The van der Waals surface area contributed by atoms with Crippen LogP contribution in [-0.2, 0) is 7.05 Å². The molecule has 0 fully saturated rings. The summed E-state index contributed by atoms with van der Waals surface area (Å²) in [6, 6.07) is 7.52. The predicted octanol–water partition coefficient (Wildman–Crippen LogP) is 1.17. The van der Waals surface area contributed by atoms with E-state index in [1.165, 1.54) is 4.68 Å². The van der Waals surface area contributed by atoms with Crippen LogP contribution in [0.4, 0.5) is 5.69 Å². The summed E-state index contributed by atoms with van der Waals surface area (Å²) in [6.45, 7) is 2.21. The highest BCUT2D eigenvalue weighted by Gasteiger charge is 2.27. The third kappa shape index (κ3) is 1.89. The number of hydrogen-bond acceptors (Lipinski definition) is 4. The highest BCUT2D eigenvalue weighted by molar-refractivity contribution is 5.98. The Morgan fingerprint density at radius 2 is 2.25 bits per heavy atom. The molecular formula is C14H16N4O2. The van der Waals surface area contributed by atoms with Crippen molar-refractivity contribution < 1.29 is 9.53 Å². The van der Waals surface area contributed by atoms with E-state index in [1.807, 2.05) is 24.3 Å². The SMILES string of the molecule is Cc1nn(C)c(C(=O)NC2COc3ccccc32)c1N. The number of nitrogens with zero attached hydrogens (tertiary/aromatic N) is 2. The maximum absolute atomic E-state index is 12.4. The summed E-state index contributed by atoms with van der Waals surface area (Å²) in [6.07, 6.45) is 0. The van der Waals surface area contributed by atoms with Crippen LogP contribution in [0.15, 0.2) is 24.3 Å². The lowest BCUT2D eigenvalue weighted by Crippen LogP contribution is -2.31. The Balaban J connectivity index is 1.84. The minimum atomic E-state index is -0.240. The zero-order valence-electron chi connectivity index (χ0n) is 11.4. The molecule has 0 aliphatic carbocycles. The minimum absolute atomic E-state index is 0.159. The van der Waals surface area contributed by atoms with Crippen LogP contribution >= 0.6 is 0 Å². The number of benzene rings is 1. The molecule has 1 amide bonds. The first-order valence-corrected chi connectivity index (χ1v) is 6.39. The molecule has 0 spiro atoms. The van der Waals surface area contributed by atoms with Crippen molar-refractivity contribution >= 4 is 11.6 Å². The summed E-state index contributed by atoms with van der Waals surface area (Å²) < 4.78 is 7.05. The molecule has 1 aliphatic heterocycles. The number of ether oxygens (including phenoxy) is 1. The molecule has 3 rings (SSSR count). The molecule has 6 heteroatoms. The lowest BCUT2D eigenvalue weighted by Gasteiger charge is -2.12. The summed E-state index contributed by atoms with van der Waals surface area (Å²) in [5.41, 5.74) is 8.33. The Morgan fingerprint density at radius 3 is 2.95 bits per heavy atom. The van der Waals surface area contributed by atoms with Crippen molar-refractivity contribution in [1.82, 2.24) is 15.1 Å². The number of rotatable bonds is 2. The predicted molar refractivity (Wildman–Crippen MR) is 74.5 cm³/mol. The number of carbonyl (C=O) groups is 1. The highest BCUT2D eigenvalue weighted by atomic mass is 16.5. The van der Waals surface area contributed by atoms with Crippen LogP contribution in [0.2, 0.25) is 0 Å². The molecule has 2 heterocycles. The summed E-state index contributed by atoms with van der Waals surface area (Å²) in [5, 5.41) is 7.09. The maximum atomic E-state index is 12.4. The zero-order chi connectivity index (χ0) is 14.3. The van der Waals surface area contributed by atoms with Gasteiger partial charge in [0.2, 0.25) is 0 Å². The molecule has 0 saturated carbocycles. The van der Waals surface area contributed by atoms with Gasteiger partial charge in [0.25, 0.3) is 5.91 Å². The Labute approximate surface area is 116 Å². The molecule has 2 aromatic rings. The van der Waals surface area contributed by atoms with Crippen LogP contribution < -0.4 is 15.8 Å². The van der Waals surface area contributed by atoms with E-state index in [1.54, 1.807) is 14.0 Å². The van der Waals surface area contributed by atoms with Gasteiger partial charge in [-0.25, -0.2) is 0 Å². The molecule has 0 saturated heterocycles. The van der Waals surface area contributed by atoms with Crippen molar-refractivity contribution in [2.75, 3.05) is 12.3 Å². The van der Waals surface area contributed by atoms with E-state index >= 15 is 0 Å². The number of fused-ring (bicyclic) bond motifs is 1. The van der Waals surface area contributed by atoms with Gasteiger partial charge in [-0.15, -0.1) is 0 Å². The van der Waals surface area contributed by atoms with Crippen LogP contribution in [0, 0.1) is 6.92 Å². The molecular weight excluding hydrogens is 256 g/mol. The van der Waals surface area contributed by atoms with Gasteiger partial charge in [-0.3, -0.25) is 9.48 Å². The Hall–Kier alpha value is -2.50. The molecule has 0 radical (unpaired) electrons. The first kappa shape index (κ1) is 12.5. The van der Waals surface area contributed by atoms with Gasteiger partial charge in [0.05, 0.1) is 17.4 Å². The van der Waals surface area contributed by atoms with E-state index in [-0.39, 0.29) is 11.9 Å². The van der Waals surface area contributed by atoms with Crippen molar-refractivity contribution in [2.24, 2.45) is 7.05 Å². The maximum Gasteiger partial charge on any atom is 0.272 e. The van der Waals surface area contributed by atoms with Crippen molar-refractivity contribution in [1.29, 1.82) is 0 Å². The van der Waals surface area contributed by atoms with Crippen molar-refractivity contribution in [3.63, 3.8) is 0 Å². The number of carbonyl (C=O) groups excluding carboxylic acids is 1. The number of hydrogen-bond donors (Lipinski definition) is 2. The topological polar surface area (TPSA) is 82.2 Å². The molecule has 1 unspecified atom stereocenters. The van der Waals surface area contributed by atoms with Crippen molar-refractivity contribution in [3.8, 4) is 5.75 Å². The Morgan fingerprint density at radius 1 is 1.50 bits per heavy atom. The summed E-state index contributed by atoms with van der Waals surface area (Å²) >= 11 is 0. The second kappa shape index (κ2) is 4.56. The van der Waals surface area contributed by atoms with Crippen molar-refractivity contribution in [2.45, 2.75) is 13.0 Å². The van der Waals surface area contributed by atoms with E-state index in [2.05, 4.69) is 10.4 Å². The van der Waals surface area contributed by atoms with E-state index in [4.69, 9.17) is 10.5 Å². The molecule has 1 aromatic carbocycles. The number of para-hydroxylation sites is 1. The third-order valence-electron chi connectivity index (χ3n) is 3.49. The monoisotopic (exact) mass is 272 g/mol. The van der Waals surface area contributed by atoms with E-state index in [9.17, 15) is 4.79 Å². The average molecular weight is 272 g/mol. The molecule has 1 aromatic heterocycles. The van der Waals surface area contributed by atoms with Crippen LogP contribution in [0.25, 0.3) is 0 Å². The van der Waals surface area contributed by atoms with Gasteiger partial charge < -0.3 is 15.8 Å². The molecule has 1 atom stereocenters. The number of aromatic nitrogens is 2. The fraction of sp³-hybridized carbons (Fsp3) is 0.286. The van der Waals surface area contributed by atoms with Gasteiger partial charge in [0.15, 0.2) is 0 Å². The quantitative estimate of drug-likeness (QED) is 0.860. The number of nitrogens with one attached hydrogen (secondary N) is 1. The van der Waals surface area contributed by atoms with Gasteiger partial charge in [-0.2, -0.15) is 5.10 Å². The number of amides is 1. The minimum Gasteiger partial charge on any atom is -0.491 e. The van der Waals surface area contributed by atoms with Gasteiger partial charge in [-0.05, 0) is 13.0 Å². The van der Waals surface area contributed by atoms with Gasteiger partial charge >= 0.3 is 0 Å². The number of anilines is 1. The second-order valence-electron chi connectivity index (χ2n) is 4.85. The smallest absolute Gasteiger partial charge is 0.272 e. The average Bonchev–Trinajstić information content (AvgIpc) is 2.92. The highest BCUT2D eigenvalue weighted by Crippen LogP contribution is 2.32. The standard InChI is InChI=1S/C14H16N4O2/c1-8-12(15)13(18(2)17-8)14(19)16-10-7-20-11-6-4-3-5-9(10)11/h3-6,10H,7,15H2,1-2H3,(H,16,19). The van der Waals surface area contributed by atoms with Crippen LogP contribution in [0.1, 0.15) is 27.8 Å². The Bertz CT molecular complexity index is 678. The number of nitrogen functional groups attached to an aromatic ring is 1. The fourth-order valence-corrected chi connectivity index (χ4v) is 2.45. The van der Waals surface area contributed by atoms with Crippen LogP contribution in [0.5, 0.6) is 5.75 Å². The Kier molecular flexibility index (Phi) is 2.85. The zero-order valence-corrected chi connectivity index (χ0v) is 11.4. The number of aryl methyl sites for hydroxylation is 2. The van der Waals surface area contributed by atoms with Crippen LogP contribution in [-0.4, -0.2) is 22.3 Å². The van der Waals surface area contributed by atoms with Gasteiger partial charge in [0, 0.05) is 12.6 Å². The first-order valence-electron chi connectivity index (χ1n) is 6.39. The summed E-state index contributed by atoms with van der Waals surface area (Å²) in [5.74, 6) is 0.572. The van der Waals surface area contributed by atoms with Crippen LogP contribution in [0.3, 0.4) is 0 Å².